The Morgan fingerprint density at radius 2 is 1.94 bits per heavy atom. The molecule has 4 heteroatoms. The van der Waals surface area contributed by atoms with Gasteiger partial charge in [0.05, 0.1) is 12.1 Å². The monoisotopic (exact) mass is 255 g/mol. The van der Waals surface area contributed by atoms with Crippen LogP contribution in [0.2, 0.25) is 0 Å². The van der Waals surface area contributed by atoms with E-state index >= 15 is 0 Å². The molecule has 0 spiro atoms. The van der Waals surface area contributed by atoms with Crippen molar-refractivity contribution < 1.29 is 14.6 Å². The number of nitrogens with zero attached hydrogens (tertiary/aromatic N) is 1. The molecule has 1 N–H and O–H groups in total. The standard InChI is InChI=1S/C14H25NO3/c1-4-14(5-2)17-11-8-15-9(3)6-7-10(16)12(15)13(11)18-14/h9-13,16H,4-8H2,1-3H3. The lowest BCUT2D eigenvalue weighted by Crippen LogP contribution is -2.53. The van der Waals surface area contributed by atoms with Gasteiger partial charge < -0.3 is 14.6 Å². The van der Waals surface area contributed by atoms with E-state index in [1.54, 1.807) is 0 Å². The van der Waals surface area contributed by atoms with Crippen molar-refractivity contribution in [2.24, 2.45) is 0 Å². The minimum atomic E-state index is -0.401. The van der Waals surface area contributed by atoms with Crippen molar-refractivity contribution in [2.45, 2.75) is 82.6 Å². The van der Waals surface area contributed by atoms with Crippen molar-refractivity contribution in [2.75, 3.05) is 6.54 Å². The summed E-state index contributed by atoms with van der Waals surface area (Å²) >= 11 is 0. The second kappa shape index (κ2) is 4.44. The van der Waals surface area contributed by atoms with Gasteiger partial charge >= 0.3 is 0 Å². The smallest absolute Gasteiger partial charge is 0.168 e. The molecule has 0 bridgehead atoms. The fourth-order valence-electron chi connectivity index (χ4n) is 3.89. The highest BCUT2D eigenvalue weighted by Gasteiger charge is 2.58. The Morgan fingerprint density at radius 3 is 2.61 bits per heavy atom. The van der Waals surface area contributed by atoms with Crippen LogP contribution in [0.1, 0.15) is 46.5 Å². The van der Waals surface area contributed by atoms with Gasteiger partial charge in [0, 0.05) is 12.6 Å². The van der Waals surface area contributed by atoms with Gasteiger partial charge in [-0.05, 0) is 32.6 Å². The zero-order chi connectivity index (χ0) is 12.9. The molecule has 3 aliphatic rings. The fourth-order valence-corrected chi connectivity index (χ4v) is 3.89. The van der Waals surface area contributed by atoms with Crippen molar-refractivity contribution in [1.82, 2.24) is 4.90 Å². The molecule has 0 aromatic carbocycles. The predicted octanol–water partition coefficient (Wildman–Crippen LogP) is 1.51. The molecule has 3 saturated heterocycles. The minimum Gasteiger partial charge on any atom is -0.391 e. The molecule has 0 saturated carbocycles. The summed E-state index contributed by atoms with van der Waals surface area (Å²) in [6.45, 7) is 7.38. The maximum Gasteiger partial charge on any atom is 0.168 e. The van der Waals surface area contributed by atoms with Gasteiger partial charge in [0.25, 0.3) is 0 Å². The molecule has 0 amide bonds. The summed E-state index contributed by atoms with van der Waals surface area (Å²) in [6.07, 6.45) is 3.67. The Kier molecular flexibility index (Phi) is 3.17. The van der Waals surface area contributed by atoms with Crippen LogP contribution in [0.5, 0.6) is 0 Å². The van der Waals surface area contributed by atoms with Crippen molar-refractivity contribution >= 4 is 0 Å². The largest absolute Gasteiger partial charge is 0.391 e. The SMILES string of the molecule is CCC1(CC)OC2CN3C(C)CCC(O)C3C2O1. The van der Waals surface area contributed by atoms with Crippen molar-refractivity contribution in [3.05, 3.63) is 0 Å². The average molecular weight is 255 g/mol. The van der Waals surface area contributed by atoms with Crippen LogP contribution in [-0.4, -0.2) is 52.7 Å². The molecule has 0 aromatic heterocycles. The first-order valence-electron chi connectivity index (χ1n) is 7.39. The molecule has 3 heterocycles. The second-order valence-corrected chi connectivity index (χ2v) is 6.04. The molecular weight excluding hydrogens is 230 g/mol. The number of hydrogen-bond acceptors (Lipinski definition) is 4. The van der Waals surface area contributed by atoms with Gasteiger partial charge in [-0.15, -0.1) is 0 Å². The van der Waals surface area contributed by atoms with E-state index in [0.29, 0.717) is 6.04 Å². The van der Waals surface area contributed by atoms with E-state index in [4.69, 9.17) is 9.47 Å². The van der Waals surface area contributed by atoms with E-state index in [0.717, 1.165) is 32.2 Å². The summed E-state index contributed by atoms with van der Waals surface area (Å²) < 4.78 is 12.4. The van der Waals surface area contributed by atoms with Crippen molar-refractivity contribution in [3.8, 4) is 0 Å². The van der Waals surface area contributed by atoms with Crippen LogP contribution in [0.25, 0.3) is 0 Å². The highest BCUT2D eigenvalue weighted by atomic mass is 16.8. The van der Waals surface area contributed by atoms with Gasteiger partial charge in [0.2, 0.25) is 0 Å². The highest BCUT2D eigenvalue weighted by Crippen LogP contribution is 2.44. The Bertz CT molecular complexity index is 318. The highest BCUT2D eigenvalue weighted by molar-refractivity contribution is 5.06. The van der Waals surface area contributed by atoms with Crippen LogP contribution < -0.4 is 0 Å². The first-order valence-corrected chi connectivity index (χ1v) is 7.39. The van der Waals surface area contributed by atoms with Gasteiger partial charge in [-0.3, -0.25) is 4.90 Å². The molecule has 0 aliphatic carbocycles. The lowest BCUT2D eigenvalue weighted by atomic mass is 9.93. The first kappa shape index (κ1) is 12.9. The van der Waals surface area contributed by atoms with Gasteiger partial charge in [-0.25, -0.2) is 0 Å². The van der Waals surface area contributed by atoms with Crippen LogP contribution >= 0.6 is 0 Å². The fraction of sp³-hybridized carbons (Fsp3) is 1.00. The number of hydrogen-bond donors (Lipinski definition) is 1. The second-order valence-electron chi connectivity index (χ2n) is 6.04. The third-order valence-electron chi connectivity index (χ3n) is 5.11. The third-order valence-corrected chi connectivity index (χ3v) is 5.11. The zero-order valence-corrected chi connectivity index (χ0v) is 11.6. The van der Waals surface area contributed by atoms with Crippen molar-refractivity contribution in [3.63, 3.8) is 0 Å². The summed E-state index contributed by atoms with van der Waals surface area (Å²) in [6, 6.07) is 0.674. The third kappa shape index (κ3) is 1.73. The van der Waals surface area contributed by atoms with E-state index in [1.807, 2.05) is 0 Å². The van der Waals surface area contributed by atoms with Gasteiger partial charge in [0.15, 0.2) is 5.79 Å². The molecule has 104 valence electrons. The molecule has 18 heavy (non-hydrogen) atoms. The van der Waals surface area contributed by atoms with Crippen LogP contribution in [0.3, 0.4) is 0 Å². The molecule has 3 rings (SSSR count). The molecule has 3 aliphatic heterocycles. The summed E-state index contributed by atoms with van der Waals surface area (Å²) in [7, 11) is 0. The normalized spacial score (nSPS) is 47.0. The van der Waals surface area contributed by atoms with Crippen LogP contribution in [0.15, 0.2) is 0 Å². The first-order chi connectivity index (χ1) is 8.60. The number of fused-ring (bicyclic) bond motifs is 3. The Labute approximate surface area is 109 Å². The Hall–Kier alpha value is -0.160. The zero-order valence-electron chi connectivity index (χ0n) is 11.6. The average Bonchev–Trinajstić information content (AvgIpc) is 2.89. The van der Waals surface area contributed by atoms with E-state index in [1.165, 1.54) is 0 Å². The number of ether oxygens (including phenoxy) is 2. The minimum absolute atomic E-state index is 0.0580. The molecule has 3 fully saturated rings. The van der Waals surface area contributed by atoms with E-state index in [-0.39, 0.29) is 24.4 Å². The molecular formula is C14H25NO3. The van der Waals surface area contributed by atoms with E-state index < -0.39 is 5.79 Å². The summed E-state index contributed by atoms with van der Waals surface area (Å²) in [5, 5.41) is 10.3. The summed E-state index contributed by atoms with van der Waals surface area (Å²) in [5.41, 5.74) is 0. The molecule has 0 radical (unpaired) electrons. The Morgan fingerprint density at radius 1 is 1.22 bits per heavy atom. The number of aliphatic hydroxyl groups excluding tert-OH is 1. The number of aliphatic hydroxyl groups is 1. The lowest BCUT2D eigenvalue weighted by Gasteiger charge is -2.41. The van der Waals surface area contributed by atoms with Crippen molar-refractivity contribution in [1.29, 1.82) is 0 Å². The van der Waals surface area contributed by atoms with Crippen LogP contribution in [0.4, 0.5) is 0 Å². The lowest BCUT2D eigenvalue weighted by molar-refractivity contribution is -0.200. The summed E-state index contributed by atoms with van der Waals surface area (Å²) in [5.74, 6) is -0.401. The number of rotatable bonds is 2. The van der Waals surface area contributed by atoms with Gasteiger partial charge in [-0.2, -0.15) is 0 Å². The predicted molar refractivity (Wildman–Crippen MR) is 68.3 cm³/mol. The molecule has 4 nitrogen and oxygen atoms in total. The van der Waals surface area contributed by atoms with Gasteiger partial charge in [-0.1, -0.05) is 13.8 Å². The molecule has 5 atom stereocenters. The van der Waals surface area contributed by atoms with E-state index in [2.05, 4.69) is 25.7 Å². The van der Waals surface area contributed by atoms with Crippen LogP contribution in [-0.2, 0) is 9.47 Å². The summed E-state index contributed by atoms with van der Waals surface area (Å²) in [4.78, 5) is 2.39. The maximum atomic E-state index is 10.3. The molecule has 5 unspecified atom stereocenters. The quantitative estimate of drug-likeness (QED) is 0.812. The molecule has 0 aromatic rings. The Balaban J connectivity index is 1.81. The maximum absolute atomic E-state index is 10.3. The topological polar surface area (TPSA) is 41.9 Å². The van der Waals surface area contributed by atoms with E-state index in [9.17, 15) is 5.11 Å². The number of piperidine rings is 1. The van der Waals surface area contributed by atoms with Gasteiger partial charge in [0.1, 0.15) is 12.2 Å². The van der Waals surface area contributed by atoms with Crippen LogP contribution in [0, 0.1) is 0 Å².